The molecule has 0 radical (unpaired) electrons. The van der Waals surface area contributed by atoms with E-state index < -0.39 is 0 Å². The highest BCUT2D eigenvalue weighted by Crippen LogP contribution is 2.13. The first-order valence-corrected chi connectivity index (χ1v) is 7.23. The molecular formula is C16H26N4O. The fraction of sp³-hybridized carbons (Fsp3) is 0.500. The number of pyridine rings is 1. The molecular weight excluding hydrogens is 264 g/mol. The fourth-order valence-corrected chi connectivity index (χ4v) is 1.92. The number of nitrogens with zero attached hydrogens (tertiary/aromatic N) is 3. The fourth-order valence-electron chi connectivity index (χ4n) is 1.92. The average Bonchev–Trinajstić information content (AvgIpc) is 2.60. The normalized spacial score (nSPS) is 14.0. The molecule has 1 aliphatic rings. The number of aldehydes is 1. The molecule has 1 aromatic rings. The van der Waals surface area contributed by atoms with Crippen molar-refractivity contribution in [2.45, 2.75) is 13.8 Å². The van der Waals surface area contributed by atoms with Crippen molar-refractivity contribution in [2.24, 2.45) is 5.73 Å². The van der Waals surface area contributed by atoms with Crippen molar-refractivity contribution in [3.8, 4) is 12.3 Å². The first kappa shape index (κ1) is 19.1. The van der Waals surface area contributed by atoms with E-state index >= 15 is 0 Å². The Bertz CT molecular complexity index is 417. The third kappa shape index (κ3) is 6.39. The van der Waals surface area contributed by atoms with Crippen molar-refractivity contribution in [2.75, 3.05) is 44.7 Å². The van der Waals surface area contributed by atoms with E-state index in [1.54, 1.807) is 12.3 Å². The lowest BCUT2D eigenvalue weighted by Crippen LogP contribution is -2.46. The lowest BCUT2D eigenvalue weighted by Gasteiger charge is -2.34. The first-order valence-electron chi connectivity index (χ1n) is 7.23. The van der Waals surface area contributed by atoms with Gasteiger partial charge in [0.05, 0.1) is 6.54 Å². The molecule has 116 valence electrons. The third-order valence-electron chi connectivity index (χ3n) is 2.92. The summed E-state index contributed by atoms with van der Waals surface area (Å²) in [7, 11) is 1.50. The van der Waals surface area contributed by atoms with Crippen LogP contribution in [-0.4, -0.2) is 55.9 Å². The van der Waals surface area contributed by atoms with Crippen LogP contribution in [0.1, 0.15) is 24.2 Å². The average molecular weight is 290 g/mol. The van der Waals surface area contributed by atoms with E-state index in [1.165, 1.54) is 7.05 Å². The standard InChI is InChI=1S/C13H15N3O.C2H6.CH5N/c1-2-5-15-6-8-16(9-7-15)13-4-3-12(11-17)10-14-13;2*1-2/h1,3-4,10-11H,5-9H2;1-2H3;2H2,1H3. The van der Waals surface area contributed by atoms with Crippen LogP contribution in [0.15, 0.2) is 18.3 Å². The summed E-state index contributed by atoms with van der Waals surface area (Å²) < 4.78 is 0. The van der Waals surface area contributed by atoms with Gasteiger partial charge in [0.15, 0.2) is 6.29 Å². The molecule has 21 heavy (non-hydrogen) atoms. The molecule has 0 amide bonds. The van der Waals surface area contributed by atoms with E-state index in [9.17, 15) is 4.79 Å². The highest BCUT2D eigenvalue weighted by Gasteiger charge is 2.16. The zero-order valence-electron chi connectivity index (χ0n) is 13.2. The van der Waals surface area contributed by atoms with Gasteiger partial charge in [-0.05, 0) is 19.2 Å². The van der Waals surface area contributed by atoms with Gasteiger partial charge < -0.3 is 10.6 Å². The van der Waals surface area contributed by atoms with Gasteiger partial charge in [0, 0.05) is 37.9 Å². The molecule has 1 fully saturated rings. The van der Waals surface area contributed by atoms with Gasteiger partial charge in [-0.3, -0.25) is 9.69 Å². The Kier molecular flexibility index (Phi) is 10.8. The number of anilines is 1. The van der Waals surface area contributed by atoms with Crippen LogP contribution in [0.3, 0.4) is 0 Å². The molecule has 2 heterocycles. The monoisotopic (exact) mass is 290 g/mol. The molecule has 2 N–H and O–H groups in total. The predicted molar refractivity (Wildman–Crippen MR) is 88.6 cm³/mol. The second-order valence-corrected chi connectivity index (χ2v) is 4.03. The Morgan fingerprint density at radius 3 is 2.33 bits per heavy atom. The van der Waals surface area contributed by atoms with E-state index in [2.05, 4.69) is 26.4 Å². The second-order valence-electron chi connectivity index (χ2n) is 4.03. The van der Waals surface area contributed by atoms with Crippen LogP contribution in [-0.2, 0) is 0 Å². The van der Waals surface area contributed by atoms with Gasteiger partial charge in [-0.25, -0.2) is 4.98 Å². The van der Waals surface area contributed by atoms with Crippen LogP contribution in [0.5, 0.6) is 0 Å². The molecule has 0 aromatic carbocycles. The van der Waals surface area contributed by atoms with Crippen molar-refractivity contribution in [3.63, 3.8) is 0 Å². The largest absolute Gasteiger partial charge is 0.354 e. The van der Waals surface area contributed by atoms with Gasteiger partial charge in [0.1, 0.15) is 5.82 Å². The maximum absolute atomic E-state index is 10.5. The number of hydrogen-bond donors (Lipinski definition) is 1. The van der Waals surface area contributed by atoms with Crippen molar-refractivity contribution in [1.82, 2.24) is 9.88 Å². The summed E-state index contributed by atoms with van der Waals surface area (Å²) in [6, 6.07) is 3.68. The highest BCUT2D eigenvalue weighted by molar-refractivity contribution is 5.74. The summed E-state index contributed by atoms with van der Waals surface area (Å²) in [6.07, 6.45) is 7.70. The molecule has 2 rings (SSSR count). The van der Waals surface area contributed by atoms with E-state index in [-0.39, 0.29) is 0 Å². The lowest BCUT2D eigenvalue weighted by atomic mass is 10.2. The van der Waals surface area contributed by atoms with Gasteiger partial charge in [-0.2, -0.15) is 0 Å². The van der Waals surface area contributed by atoms with Gasteiger partial charge in [0.2, 0.25) is 0 Å². The quantitative estimate of drug-likeness (QED) is 0.670. The zero-order chi connectivity index (χ0) is 16.1. The number of rotatable bonds is 3. The Labute approximate surface area is 128 Å². The molecule has 0 bridgehead atoms. The van der Waals surface area contributed by atoms with Crippen LogP contribution in [0, 0.1) is 12.3 Å². The lowest BCUT2D eigenvalue weighted by molar-refractivity contribution is 0.112. The number of terminal acetylenes is 1. The number of carbonyl (C=O) groups is 1. The van der Waals surface area contributed by atoms with E-state index in [1.807, 2.05) is 19.9 Å². The predicted octanol–water partition coefficient (Wildman–Crippen LogP) is 1.25. The van der Waals surface area contributed by atoms with Crippen LogP contribution in [0.25, 0.3) is 0 Å². The van der Waals surface area contributed by atoms with Crippen LogP contribution in [0.2, 0.25) is 0 Å². The Balaban J connectivity index is 0.000000921. The van der Waals surface area contributed by atoms with Crippen LogP contribution >= 0.6 is 0 Å². The molecule has 5 heteroatoms. The molecule has 0 aliphatic carbocycles. The van der Waals surface area contributed by atoms with Gasteiger partial charge in [-0.15, -0.1) is 6.42 Å². The summed E-state index contributed by atoms with van der Waals surface area (Å²) in [5, 5.41) is 0. The Morgan fingerprint density at radius 1 is 1.29 bits per heavy atom. The minimum absolute atomic E-state index is 0.611. The van der Waals surface area contributed by atoms with Gasteiger partial charge in [-0.1, -0.05) is 19.8 Å². The summed E-state index contributed by atoms with van der Waals surface area (Å²) >= 11 is 0. The maximum atomic E-state index is 10.5. The number of aromatic nitrogens is 1. The minimum atomic E-state index is 0.611. The third-order valence-corrected chi connectivity index (χ3v) is 2.92. The summed E-state index contributed by atoms with van der Waals surface area (Å²) in [4.78, 5) is 19.3. The Morgan fingerprint density at radius 2 is 1.90 bits per heavy atom. The van der Waals surface area contributed by atoms with E-state index in [4.69, 9.17) is 6.42 Å². The summed E-state index contributed by atoms with van der Waals surface area (Å²) in [5.74, 6) is 3.59. The smallest absolute Gasteiger partial charge is 0.151 e. The van der Waals surface area contributed by atoms with Crippen molar-refractivity contribution in [1.29, 1.82) is 0 Å². The molecule has 0 unspecified atom stereocenters. The molecule has 1 saturated heterocycles. The van der Waals surface area contributed by atoms with Gasteiger partial charge >= 0.3 is 0 Å². The summed E-state index contributed by atoms with van der Waals surface area (Å²) in [5.41, 5.74) is 5.11. The zero-order valence-corrected chi connectivity index (χ0v) is 13.2. The van der Waals surface area contributed by atoms with Crippen LogP contribution in [0.4, 0.5) is 5.82 Å². The van der Waals surface area contributed by atoms with Gasteiger partial charge in [0.25, 0.3) is 0 Å². The second kappa shape index (κ2) is 11.9. The molecule has 5 nitrogen and oxygen atoms in total. The van der Waals surface area contributed by atoms with E-state index in [0.717, 1.165) is 38.3 Å². The number of carbonyl (C=O) groups excluding carboxylic acids is 1. The highest BCUT2D eigenvalue weighted by atomic mass is 16.1. The van der Waals surface area contributed by atoms with Crippen molar-refractivity contribution in [3.05, 3.63) is 23.9 Å². The first-order chi connectivity index (χ1) is 10.3. The van der Waals surface area contributed by atoms with Crippen molar-refractivity contribution < 1.29 is 4.79 Å². The van der Waals surface area contributed by atoms with Crippen LogP contribution < -0.4 is 10.6 Å². The molecule has 1 aromatic heterocycles. The number of nitrogens with two attached hydrogens (primary N) is 1. The van der Waals surface area contributed by atoms with Crippen molar-refractivity contribution >= 4 is 12.1 Å². The Hall–Kier alpha value is -1.90. The molecule has 0 saturated carbocycles. The number of hydrogen-bond acceptors (Lipinski definition) is 5. The minimum Gasteiger partial charge on any atom is -0.354 e. The SMILES string of the molecule is C#CCN1CCN(c2ccc(C=O)cn2)CC1.CC.CN. The topological polar surface area (TPSA) is 62.5 Å². The number of piperazine rings is 1. The van der Waals surface area contributed by atoms with E-state index in [0.29, 0.717) is 12.1 Å². The maximum Gasteiger partial charge on any atom is 0.151 e. The molecule has 1 aliphatic heterocycles. The molecule has 0 spiro atoms. The summed E-state index contributed by atoms with van der Waals surface area (Å²) in [6.45, 7) is 8.48. The molecule has 0 atom stereocenters.